The molecule has 0 aliphatic carbocycles. The summed E-state index contributed by atoms with van der Waals surface area (Å²) in [6.45, 7) is 0.683. The highest BCUT2D eigenvalue weighted by Gasteiger charge is 2.33. The maximum absolute atomic E-state index is 13.9. The number of benzene rings is 2. The van der Waals surface area contributed by atoms with E-state index in [2.05, 4.69) is 5.32 Å². The van der Waals surface area contributed by atoms with Gasteiger partial charge in [-0.05, 0) is 36.4 Å². The average molecular weight is 425 g/mol. The number of rotatable bonds is 6. The van der Waals surface area contributed by atoms with Gasteiger partial charge in [-0.3, -0.25) is 9.69 Å². The lowest BCUT2D eigenvalue weighted by Crippen LogP contribution is -2.50. The fourth-order valence-electron chi connectivity index (χ4n) is 3.06. The summed E-state index contributed by atoms with van der Waals surface area (Å²) in [6.07, 6.45) is 0. The first-order valence-electron chi connectivity index (χ1n) is 8.91. The number of carbonyl (C=O) groups excluding carboxylic acids is 1. The second-order valence-corrected chi connectivity index (χ2v) is 8.38. The molecule has 2 aromatic rings. The van der Waals surface area contributed by atoms with Gasteiger partial charge in [0.2, 0.25) is 15.9 Å². The third kappa shape index (κ3) is 4.89. The van der Waals surface area contributed by atoms with Crippen LogP contribution in [0.4, 0.5) is 14.5 Å². The van der Waals surface area contributed by atoms with Crippen molar-refractivity contribution in [1.82, 2.24) is 9.21 Å². The van der Waals surface area contributed by atoms with Gasteiger partial charge in [-0.25, -0.2) is 17.2 Å². The van der Waals surface area contributed by atoms with Crippen LogP contribution in [0.3, 0.4) is 0 Å². The van der Waals surface area contributed by atoms with Gasteiger partial charge in [0.15, 0.2) is 4.90 Å². The zero-order chi connectivity index (χ0) is 21.0. The first kappa shape index (κ1) is 21.2. The number of hydrogen-bond acceptors (Lipinski definition) is 5. The Morgan fingerprint density at radius 3 is 2.17 bits per heavy atom. The summed E-state index contributed by atoms with van der Waals surface area (Å²) in [4.78, 5) is 13.1. The summed E-state index contributed by atoms with van der Waals surface area (Å²) >= 11 is 0. The largest absolute Gasteiger partial charge is 0.497 e. The van der Waals surface area contributed by atoms with E-state index >= 15 is 0 Å². The zero-order valence-corrected chi connectivity index (χ0v) is 16.6. The fraction of sp³-hybridized carbons (Fsp3) is 0.316. The molecule has 0 atom stereocenters. The number of nitrogens with one attached hydrogen (secondary N) is 1. The van der Waals surface area contributed by atoms with Crippen LogP contribution in [0.1, 0.15) is 0 Å². The molecule has 10 heteroatoms. The molecule has 1 amide bonds. The van der Waals surface area contributed by atoms with Crippen LogP contribution in [0.5, 0.6) is 5.75 Å². The van der Waals surface area contributed by atoms with Crippen molar-refractivity contribution in [2.45, 2.75) is 4.90 Å². The lowest BCUT2D eigenvalue weighted by atomic mass is 10.3. The smallest absolute Gasteiger partial charge is 0.249 e. The van der Waals surface area contributed by atoms with E-state index in [4.69, 9.17) is 4.74 Å². The molecular formula is C19H21F2N3O4S. The van der Waals surface area contributed by atoms with Crippen molar-refractivity contribution in [3.63, 3.8) is 0 Å². The van der Waals surface area contributed by atoms with Gasteiger partial charge in [0.1, 0.15) is 17.4 Å². The predicted octanol–water partition coefficient (Wildman–Crippen LogP) is 1.92. The van der Waals surface area contributed by atoms with Crippen LogP contribution in [0.15, 0.2) is 47.4 Å². The van der Waals surface area contributed by atoms with Crippen LogP contribution in [-0.4, -0.2) is 63.4 Å². The minimum absolute atomic E-state index is 0.0337. The molecule has 1 saturated heterocycles. The van der Waals surface area contributed by atoms with Crippen LogP contribution in [0, 0.1) is 11.6 Å². The highest BCUT2D eigenvalue weighted by molar-refractivity contribution is 7.89. The molecule has 2 aromatic carbocycles. The summed E-state index contributed by atoms with van der Waals surface area (Å²) in [7, 11) is -2.74. The SMILES string of the molecule is COc1ccc(NC(=O)CN2CCN(S(=O)(=O)c3c(F)cccc3F)CC2)cc1. The topological polar surface area (TPSA) is 79.0 Å². The maximum atomic E-state index is 13.9. The van der Waals surface area contributed by atoms with Crippen LogP contribution in [0.25, 0.3) is 0 Å². The van der Waals surface area contributed by atoms with Crippen molar-refractivity contribution in [3.8, 4) is 5.75 Å². The number of carbonyl (C=O) groups is 1. The molecular weight excluding hydrogens is 404 g/mol. The average Bonchev–Trinajstić information content (AvgIpc) is 2.68. The molecule has 156 valence electrons. The second-order valence-electron chi connectivity index (χ2n) is 6.51. The zero-order valence-electron chi connectivity index (χ0n) is 15.8. The fourth-order valence-corrected chi connectivity index (χ4v) is 4.60. The van der Waals surface area contributed by atoms with E-state index in [-0.39, 0.29) is 38.6 Å². The van der Waals surface area contributed by atoms with E-state index in [0.29, 0.717) is 11.4 Å². The van der Waals surface area contributed by atoms with E-state index in [1.165, 1.54) is 0 Å². The van der Waals surface area contributed by atoms with Gasteiger partial charge in [0.05, 0.1) is 13.7 Å². The molecule has 0 radical (unpaired) electrons. The monoisotopic (exact) mass is 425 g/mol. The van der Waals surface area contributed by atoms with Gasteiger partial charge >= 0.3 is 0 Å². The first-order valence-corrected chi connectivity index (χ1v) is 10.4. The molecule has 1 aliphatic rings. The van der Waals surface area contributed by atoms with E-state index in [0.717, 1.165) is 22.5 Å². The van der Waals surface area contributed by atoms with Crippen molar-refractivity contribution >= 4 is 21.6 Å². The van der Waals surface area contributed by atoms with Gasteiger partial charge in [-0.1, -0.05) is 6.07 Å². The van der Waals surface area contributed by atoms with Gasteiger partial charge < -0.3 is 10.1 Å². The normalized spacial score (nSPS) is 15.8. The minimum atomic E-state index is -4.29. The maximum Gasteiger partial charge on any atom is 0.249 e. The third-order valence-corrected chi connectivity index (χ3v) is 6.54. The van der Waals surface area contributed by atoms with Crippen molar-refractivity contribution in [3.05, 3.63) is 54.1 Å². The number of piperazine rings is 1. The molecule has 0 saturated carbocycles. The molecule has 0 bridgehead atoms. The Bertz CT molecular complexity index is 955. The molecule has 1 aliphatic heterocycles. The molecule has 0 unspecified atom stereocenters. The minimum Gasteiger partial charge on any atom is -0.497 e. The molecule has 0 aromatic heterocycles. The highest BCUT2D eigenvalue weighted by Crippen LogP contribution is 2.23. The number of amides is 1. The molecule has 1 heterocycles. The molecule has 1 fully saturated rings. The van der Waals surface area contributed by atoms with E-state index in [9.17, 15) is 22.0 Å². The van der Waals surface area contributed by atoms with Crippen molar-refractivity contribution < 1.29 is 26.7 Å². The summed E-state index contributed by atoms with van der Waals surface area (Å²) < 4.78 is 59.0. The number of ether oxygens (including phenoxy) is 1. The van der Waals surface area contributed by atoms with Crippen LogP contribution < -0.4 is 10.1 Å². The Hall–Kier alpha value is -2.56. The highest BCUT2D eigenvalue weighted by atomic mass is 32.2. The van der Waals surface area contributed by atoms with Crippen LogP contribution >= 0.6 is 0 Å². The Balaban J connectivity index is 1.56. The molecule has 29 heavy (non-hydrogen) atoms. The Kier molecular flexibility index (Phi) is 6.46. The quantitative estimate of drug-likeness (QED) is 0.765. The summed E-state index contributed by atoms with van der Waals surface area (Å²) in [5.74, 6) is -1.81. The van der Waals surface area contributed by atoms with Gasteiger partial charge in [-0.2, -0.15) is 4.31 Å². The van der Waals surface area contributed by atoms with E-state index < -0.39 is 26.6 Å². The number of anilines is 1. The van der Waals surface area contributed by atoms with Crippen molar-refractivity contribution in [1.29, 1.82) is 0 Å². The first-order chi connectivity index (χ1) is 13.8. The number of sulfonamides is 1. The van der Waals surface area contributed by atoms with Gasteiger partial charge in [0, 0.05) is 31.9 Å². The molecule has 7 nitrogen and oxygen atoms in total. The van der Waals surface area contributed by atoms with Gasteiger partial charge in [0.25, 0.3) is 0 Å². The summed E-state index contributed by atoms with van der Waals surface area (Å²) in [5, 5.41) is 2.76. The number of methoxy groups -OCH3 is 1. The Morgan fingerprint density at radius 2 is 1.62 bits per heavy atom. The standard InChI is InChI=1S/C19H21F2N3O4S/c1-28-15-7-5-14(6-8-15)22-18(25)13-23-9-11-24(12-10-23)29(26,27)19-16(20)3-2-4-17(19)21/h2-8H,9-13H2,1H3,(H,22,25). The Labute approximate surface area is 167 Å². The predicted molar refractivity (Wildman–Crippen MR) is 103 cm³/mol. The number of nitrogens with zero attached hydrogens (tertiary/aromatic N) is 2. The van der Waals surface area contributed by atoms with E-state index in [1.54, 1.807) is 36.3 Å². The van der Waals surface area contributed by atoms with Crippen molar-refractivity contribution in [2.24, 2.45) is 0 Å². The molecule has 0 spiro atoms. The van der Waals surface area contributed by atoms with Crippen molar-refractivity contribution in [2.75, 3.05) is 45.2 Å². The lowest BCUT2D eigenvalue weighted by molar-refractivity contribution is -0.117. The lowest BCUT2D eigenvalue weighted by Gasteiger charge is -2.33. The summed E-state index contributed by atoms with van der Waals surface area (Å²) in [6, 6.07) is 9.81. The molecule has 3 rings (SSSR count). The number of halogens is 2. The van der Waals surface area contributed by atoms with Gasteiger partial charge in [-0.15, -0.1) is 0 Å². The number of hydrogen-bond donors (Lipinski definition) is 1. The summed E-state index contributed by atoms with van der Waals surface area (Å²) in [5.41, 5.74) is 0.618. The molecule has 1 N–H and O–H groups in total. The van der Waals surface area contributed by atoms with Crippen LogP contribution in [-0.2, 0) is 14.8 Å². The Morgan fingerprint density at radius 1 is 1.03 bits per heavy atom. The third-order valence-electron chi connectivity index (χ3n) is 4.59. The van der Waals surface area contributed by atoms with Crippen LogP contribution in [0.2, 0.25) is 0 Å². The second kappa shape index (κ2) is 8.85. The van der Waals surface area contributed by atoms with E-state index in [1.807, 2.05) is 0 Å².